The molecule has 6 heteroatoms. The maximum Gasteiger partial charge on any atom is 0.251 e. The zero-order chi connectivity index (χ0) is 20.5. The Balaban J connectivity index is 1.78. The van der Waals surface area contributed by atoms with E-state index in [2.05, 4.69) is 12.2 Å². The molecule has 0 spiro atoms. The van der Waals surface area contributed by atoms with Crippen molar-refractivity contribution in [2.75, 3.05) is 0 Å². The van der Waals surface area contributed by atoms with E-state index < -0.39 is 6.04 Å². The van der Waals surface area contributed by atoms with Crippen molar-refractivity contribution in [3.8, 4) is 0 Å². The van der Waals surface area contributed by atoms with Crippen LogP contribution in [0.1, 0.15) is 39.4 Å². The molecule has 151 valence electrons. The molecule has 29 heavy (non-hydrogen) atoms. The monoisotopic (exact) mass is 425 g/mol. The van der Waals surface area contributed by atoms with Crippen LogP contribution in [0.15, 0.2) is 65.4 Å². The number of rotatable bonds is 10. The van der Waals surface area contributed by atoms with Crippen LogP contribution in [-0.2, 0) is 17.9 Å². The van der Waals surface area contributed by atoms with E-state index in [9.17, 15) is 9.59 Å². The summed E-state index contributed by atoms with van der Waals surface area (Å²) in [4.78, 5) is 30.2. The van der Waals surface area contributed by atoms with Crippen molar-refractivity contribution >= 4 is 34.5 Å². The molecule has 0 saturated carbocycles. The first-order valence-corrected chi connectivity index (χ1v) is 11.4. The SMILES string of the molecule is [CH2]CCC[C@H](NC(=O)c1ccccc1)C(=O)N(Cc1cccs1)Cc1cccs1. The number of thiophene rings is 2. The second-order valence-corrected chi connectivity index (χ2v) is 8.81. The van der Waals surface area contributed by atoms with Crippen LogP contribution in [0.3, 0.4) is 0 Å². The van der Waals surface area contributed by atoms with E-state index in [0.717, 1.165) is 22.6 Å². The first-order chi connectivity index (χ1) is 14.2. The van der Waals surface area contributed by atoms with Crippen LogP contribution in [0.25, 0.3) is 0 Å². The van der Waals surface area contributed by atoms with Gasteiger partial charge in [-0.1, -0.05) is 50.1 Å². The van der Waals surface area contributed by atoms with E-state index in [1.165, 1.54) is 0 Å². The standard InChI is InChI=1S/C23H25N2O2S2/c1-2-3-13-21(24-22(26)18-9-5-4-6-10-18)23(27)25(16-19-11-7-14-28-19)17-20-12-8-15-29-20/h4-12,14-15,21H,1-3,13,16-17H2,(H,24,26)/t21-/m0/s1. The van der Waals surface area contributed by atoms with Gasteiger partial charge in [0.2, 0.25) is 5.91 Å². The number of carbonyl (C=O) groups excluding carboxylic acids is 2. The van der Waals surface area contributed by atoms with Gasteiger partial charge in [-0.15, -0.1) is 22.7 Å². The van der Waals surface area contributed by atoms with Gasteiger partial charge in [-0.05, 0) is 41.4 Å². The molecule has 4 nitrogen and oxygen atoms in total. The third kappa shape index (κ3) is 6.27. The summed E-state index contributed by atoms with van der Waals surface area (Å²) in [5.41, 5.74) is 0.558. The summed E-state index contributed by atoms with van der Waals surface area (Å²) >= 11 is 3.27. The van der Waals surface area contributed by atoms with Crippen molar-refractivity contribution in [2.24, 2.45) is 0 Å². The lowest BCUT2D eigenvalue weighted by Crippen LogP contribution is -2.48. The number of unbranched alkanes of at least 4 members (excludes halogenated alkanes) is 1. The van der Waals surface area contributed by atoms with Crippen molar-refractivity contribution < 1.29 is 9.59 Å². The van der Waals surface area contributed by atoms with Gasteiger partial charge in [-0.3, -0.25) is 9.59 Å². The largest absolute Gasteiger partial charge is 0.340 e. The summed E-state index contributed by atoms with van der Waals surface area (Å²) in [6.07, 6.45) is 2.07. The average molecular weight is 426 g/mol. The minimum atomic E-state index is -0.565. The number of amides is 2. The highest BCUT2D eigenvalue weighted by molar-refractivity contribution is 7.10. The fraction of sp³-hybridized carbons (Fsp3) is 0.261. The lowest BCUT2D eigenvalue weighted by Gasteiger charge is -2.27. The molecule has 2 amide bonds. The number of nitrogens with zero attached hydrogens (tertiary/aromatic N) is 1. The molecular weight excluding hydrogens is 400 g/mol. The lowest BCUT2D eigenvalue weighted by molar-refractivity contribution is -0.134. The second-order valence-electron chi connectivity index (χ2n) is 6.74. The van der Waals surface area contributed by atoms with Gasteiger partial charge in [-0.2, -0.15) is 0 Å². The normalized spacial score (nSPS) is 11.8. The predicted octanol–water partition coefficient (Wildman–Crippen LogP) is 5.14. The highest BCUT2D eigenvalue weighted by atomic mass is 32.1. The average Bonchev–Trinajstić information content (AvgIpc) is 3.45. The van der Waals surface area contributed by atoms with Gasteiger partial charge in [0.25, 0.3) is 5.91 Å². The molecule has 2 aromatic heterocycles. The molecule has 1 N–H and O–H groups in total. The smallest absolute Gasteiger partial charge is 0.251 e. The molecule has 0 aliphatic rings. The fourth-order valence-electron chi connectivity index (χ4n) is 3.05. The van der Waals surface area contributed by atoms with Crippen LogP contribution >= 0.6 is 22.7 Å². The zero-order valence-electron chi connectivity index (χ0n) is 16.3. The van der Waals surface area contributed by atoms with Gasteiger partial charge in [0, 0.05) is 15.3 Å². The Morgan fingerprint density at radius 3 is 2.07 bits per heavy atom. The summed E-state index contributed by atoms with van der Waals surface area (Å²) in [5, 5.41) is 6.99. The van der Waals surface area contributed by atoms with Gasteiger partial charge < -0.3 is 10.2 Å². The number of carbonyl (C=O) groups is 2. The molecule has 1 atom stereocenters. The van der Waals surface area contributed by atoms with E-state index in [1.54, 1.807) is 34.8 Å². The zero-order valence-corrected chi connectivity index (χ0v) is 17.9. The van der Waals surface area contributed by atoms with Crippen LogP contribution in [0, 0.1) is 6.92 Å². The first kappa shape index (κ1) is 21.3. The van der Waals surface area contributed by atoms with Crippen molar-refractivity contribution in [1.29, 1.82) is 0 Å². The van der Waals surface area contributed by atoms with Crippen LogP contribution < -0.4 is 5.32 Å². The van der Waals surface area contributed by atoms with Crippen molar-refractivity contribution in [1.82, 2.24) is 10.2 Å². The molecule has 3 aromatic rings. The molecule has 2 heterocycles. The summed E-state index contributed by atoms with van der Waals surface area (Å²) in [5.74, 6) is -0.273. The quantitative estimate of drug-likeness (QED) is 0.489. The highest BCUT2D eigenvalue weighted by Crippen LogP contribution is 2.19. The lowest BCUT2D eigenvalue weighted by atomic mass is 10.1. The topological polar surface area (TPSA) is 49.4 Å². The third-order valence-corrected chi connectivity index (χ3v) is 6.27. The number of benzene rings is 1. The number of hydrogen-bond acceptors (Lipinski definition) is 4. The van der Waals surface area contributed by atoms with Gasteiger partial charge in [-0.25, -0.2) is 0 Å². The van der Waals surface area contributed by atoms with Crippen LogP contribution in [-0.4, -0.2) is 22.8 Å². The van der Waals surface area contributed by atoms with Gasteiger partial charge in [0.15, 0.2) is 0 Å². The Hall–Kier alpha value is -2.44. The van der Waals surface area contributed by atoms with Crippen LogP contribution in [0.4, 0.5) is 0 Å². The fourth-order valence-corrected chi connectivity index (χ4v) is 4.49. The van der Waals surface area contributed by atoms with E-state index in [0.29, 0.717) is 25.1 Å². The van der Waals surface area contributed by atoms with E-state index in [1.807, 2.05) is 58.1 Å². The minimum Gasteiger partial charge on any atom is -0.340 e. The maximum absolute atomic E-state index is 13.5. The second kappa shape index (κ2) is 10.9. The van der Waals surface area contributed by atoms with Crippen molar-refractivity contribution in [2.45, 2.75) is 38.4 Å². The Morgan fingerprint density at radius 1 is 0.931 bits per heavy atom. The van der Waals surface area contributed by atoms with E-state index in [-0.39, 0.29) is 11.8 Å². The Morgan fingerprint density at radius 2 is 1.55 bits per heavy atom. The highest BCUT2D eigenvalue weighted by Gasteiger charge is 2.26. The maximum atomic E-state index is 13.5. The van der Waals surface area contributed by atoms with Crippen molar-refractivity contribution in [3.63, 3.8) is 0 Å². The van der Waals surface area contributed by atoms with Gasteiger partial charge in [0.1, 0.15) is 6.04 Å². The predicted molar refractivity (Wildman–Crippen MR) is 120 cm³/mol. The van der Waals surface area contributed by atoms with Crippen LogP contribution in [0.5, 0.6) is 0 Å². The van der Waals surface area contributed by atoms with E-state index in [4.69, 9.17) is 0 Å². The summed E-state index contributed by atoms with van der Waals surface area (Å²) in [7, 11) is 0. The molecule has 1 radical (unpaired) electrons. The Labute approximate surface area is 180 Å². The molecule has 0 fully saturated rings. The molecule has 3 rings (SSSR count). The number of hydrogen-bond donors (Lipinski definition) is 1. The minimum absolute atomic E-state index is 0.0514. The molecule has 0 saturated heterocycles. The van der Waals surface area contributed by atoms with Crippen molar-refractivity contribution in [3.05, 3.63) is 87.6 Å². The molecule has 0 bridgehead atoms. The molecule has 0 aliphatic heterocycles. The Kier molecular flexibility index (Phi) is 8.02. The van der Waals surface area contributed by atoms with Gasteiger partial charge in [0.05, 0.1) is 13.1 Å². The van der Waals surface area contributed by atoms with Gasteiger partial charge >= 0.3 is 0 Å². The third-order valence-electron chi connectivity index (χ3n) is 4.55. The first-order valence-electron chi connectivity index (χ1n) is 9.66. The Bertz CT molecular complexity index is 841. The summed E-state index contributed by atoms with van der Waals surface area (Å²) in [6, 6.07) is 16.5. The summed E-state index contributed by atoms with van der Waals surface area (Å²) in [6.45, 7) is 4.96. The van der Waals surface area contributed by atoms with Crippen LogP contribution in [0.2, 0.25) is 0 Å². The molecule has 0 aliphatic carbocycles. The molecular formula is C23H25N2O2S2. The van der Waals surface area contributed by atoms with E-state index >= 15 is 0 Å². The molecule has 1 aromatic carbocycles. The molecule has 0 unspecified atom stereocenters. The number of nitrogens with one attached hydrogen (secondary N) is 1. The summed E-state index contributed by atoms with van der Waals surface area (Å²) < 4.78 is 0.